The largest absolute Gasteiger partial charge is 0.481 e. The molecule has 0 rings (SSSR count). The van der Waals surface area contributed by atoms with E-state index >= 15 is 0 Å². The van der Waals surface area contributed by atoms with E-state index < -0.39 is 12.1 Å². The molecule has 3 heteroatoms. The molecule has 0 fully saturated rings. The Hall–Kier alpha value is -0.570. The smallest absolute Gasteiger partial charge is 0.306 e. The van der Waals surface area contributed by atoms with Gasteiger partial charge in [0.2, 0.25) is 0 Å². The van der Waals surface area contributed by atoms with Crippen LogP contribution in [0.3, 0.4) is 0 Å². The number of carbonyl (C=O) groups is 1. The SMILES string of the molecule is CCC[C@H](C[C@H](C)O)C(=O)O. The topological polar surface area (TPSA) is 57.5 Å². The van der Waals surface area contributed by atoms with Gasteiger partial charge in [-0.25, -0.2) is 0 Å². The molecule has 2 N–H and O–H groups in total. The molecular weight excluding hydrogens is 144 g/mol. The van der Waals surface area contributed by atoms with E-state index in [1.165, 1.54) is 0 Å². The molecule has 0 aromatic heterocycles. The Bertz CT molecular complexity index is 121. The van der Waals surface area contributed by atoms with Gasteiger partial charge in [0.1, 0.15) is 0 Å². The molecular formula is C8H16O3. The fraction of sp³-hybridized carbons (Fsp3) is 0.875. The number of hydrogen-bond donors (Lipinski definition) is 2. The van der Waals surface area contributed by atoms with Crippen molar-refractivity contribution < 1.29 is 15.0 Å². The van der Waals surface area contributed by atoms with Crippen molar-refractivity contribution in [3.63, 3.8) is 0 Å². The van der Waals surface area contributed by atoms with Crippen LogP contribution in [0.4, 0.5) is 0 Å². The Morgan fingerprint density at radius 3 is 2.36 bits per heavy atom. The molecule has 0 heterocycles. The molecule has 0 saturated heterocycles. The maximum absolute atomic E-state index is 10.5. The quantitative estimate of drug-likeness (QED) is 0.636. The van der Waals surface area contributed by atoms with Gasteiger partial charge in [-0.15, -0.1) is 0 Å². The number of hydrogen-bond acceptors (Lipinski definition) is 2. The minimum absolute atomic E-state index is 0.364. The number of aliphatic carboxylic acids is 1. The predicted molar refractivity (Wildman–Crippen MR) is 42.3 cm³/mol. The molecule has 0 radical (unpaired) electrons. The zero-order valence-electron chi connectivity index (χ0n) is 7.08. The average Bonchev–Trinajstić information content (AvgIpc) is 1.86. The zero-order valence-corrected chi connectivity index (χ0v) is 7.08. The first-order valence-corrected chi connectivity index (χ1v) is 3.98. The Labute approximate surface area is 67.0 Å². The van der Waals surface area contributed by atoms with E-state index in [0.29, 0.717) is 12.8 Å². The van der Waals surface area contributed by atoms with Crippen LogP contribution < -0.4 is 0 Å². The van der Waals surface area contributed by atoms with Gasteiger partial charge in [-0.1, -0.05) is 13.3 Å². The molecule has 0 aliphatic rings. The number of rotatable bonds is 5. The van der Waals surface area contributed by atoms with Crippen molar-refractivity contribution in [1.82, 2.24) is 0 Å². The van der Waals surface area contributed by atoms with Crippen LogP contribution in [0.1, 0.15) is 33.1 Å². The monoisotopic (exact) mass is 160 g/mol. The highest BCUT2D eigenvalue weighted by atomic mass is 16.4. The molecule has 66 valence electrons. The molecule has 11 heavy (non-hydrogen) atoms. The van der Waals surface area contributed by atoms with Crippen molar-refractivity contribution in [3.8, 4) is 0 Å². The third-order valence-electron chi connectivity index (χ3n) is 1.61. The van der Waals surface area contributed by atoms with E-state index in [2.05, 4.69) is 0 Å². The van der Waals surface area contributed by atoms with Gasteiger partial charge in [0, 0.05) is 0 Å². The Morgan fingerprint density at radius 2 is 2.09 bits per heavy atom. The summed E-state index contributed by atoms with van der Waals surface area (Å²) in [5.41, 5.74) is 0. The van der Waals surface area contributed by atoms with Crippen molar-refractivity contribution in [1.29, 1.82) is 0 Å². The first-order valence-electron chi connectivity index (χ1n) is 3.98. The van der Waals surface area contributed by atoms with Crippen molar-refractivity contribution in [3.05, 3.63) is 0 Å². The number of aliphatic hydroxyl groups is 1. The van der Waals surface area contributed by atoms with Gasteiger partial charge in [0.05, 0.1) is 12.0 Å². The maximum Gasteiger partial charge on any atom is 0.306 e. The first-order chi connectivity index (χ1) is 5.07. The molecule has 0 bridgehead atoms. The Morgan fingerprint density at radius 1 is 1.55 bits per heavy atom. The summed E-state index contributed by atoms with van der Waals surface area (Å²) in [6, 6.07) is 0. The van der Waals surface area contributed by atoms with E-state index in [0.717, 1.165) is 6.42 Å². The molecule has 2 atom stereocenters. The van der Waals surface area contributed by atoms with Gasteiger partial charge in [-0.05, 0) is 19.8 Å². The second kappa shape index (κ2) is 5.13. The highest BCUT2D eigenvalue weighted by Gasteiger charge is 2.17. The minimum Gasteiger partial charge on any atom is -0.481 e. The highest BCUT2D eigenvalue weighted by Crippen LogP contribution is 2.13. The van der Waals surface area contributed by atoms with Crippen LogP contribution in [0.2, 0.25) is 0 Å². The standard InChI is InChI=1S/C8H16O3/c1-3-4-7(8(10)11)5-6(2)9/h6-7,9H,3-5H2,1-2H3,(H,10,11)/t6-,7+/m0/s1. The van der Waals surface area contributed by atoms with E-state index in [9.17, 15) is 4.79 Å². The molecule has 0 spiro atoms. The average molecular weight is 160 g/mol. The summed E-state index contributed by atoms with van der Waals surface area (Å²) in [7, 11) is 0. The molecule has 0 amide bonds. The lowest BCUT2D eigenvalue weighted by Gasteiger charge is -2.12. The zero-order chi connectivity index (χ0) is 8.85. The second-order valence-corrected chi connectivity index (χ2v) is 2.91. The molecule has 0 aromatic rings. The molecule has 0 aliphatic carbocycles. The molecule has 0 unspecified atom stereocenters. The van der Waals surface area contributed by atoms with Crippen molar-refractivity contribution in [2.75, 3.05) is 0 Å². The summed E-state index contributed by atoms with van der Waals surface area (Å²) < 4.78 is 0. The van der Waals surface area contributed by atoms with Crippen LogP contribution in [-0.2, 0) is 4.79 Å². The molecule has 0 aliphatic heterocycles. The van der Waals surface area contributed by atoms with E-state index in [4.69, 9.17) is 10.2 Å². The number of aliphatic hydroxyl groups excluding tert-OH is 1. The summed E-state index contributed by atoms with van der Waals surface area (Å²) in [6.07, 6.45) is 1.36. The summed E-state index contributed by atoms with van der Waals surface area (Å²) >= 11 is 0. The van der Waals surface area contributed by atoms with Gasteiger partial charge < -0.3 is 10.2 Å². The van der Waals surface area contributed by atoms with Crippen molar-refractivity contribution in [2.45, 2.75) is 39.2 Å². The van der Waals surface area contributed by atoms with Crippen LogP contribution in [0.25, 0.3) is 0 Å². The van der Waals surface area contributed by atoms with Gasteiger partial charge in [-0.2, -0.15) is 0 Å². The van der Waals surface area contributed by atoms with Crippen molar-refractivity contribution >= 4 is 5.97 Å². The van der Waals surface area contributed by atoms with E-state index in [-0.39, 0.29) is 5.92 Å². The maximum atomic E-state index is 10.5. The number of carboxylic acid groups (broad SMARTS) is 1. The normalized spacial score (nSPS) is 15.9. The fourth-order valence-corrected chi connectivity index (χ4v) is 1.10. The summed E-state index contributed by atoms with van der Waals surface area (Å²) in [6.45, 7) is 3.56. The highest BCUT2D eigenvalue weighted by molar-refractivity contribution is 5.69. The summed E-state index contributed by atoms with van der Waals surface area (Å²) in [4.78, 5) is 10.5. The summed E-state index contributed by atoms with van der Waals surface area (Å²) in [5.74, 6) is -1.17. The first kappa shape index (κ1) is 10.4. The lowest BCUT2D eigenvalue weighted by molar-refractivity contribution is -0.143. The third-order valence-corrected chi connectivity index (χ3v) is 1.61. The Balaban J connectivity index is 3.79. The van der Waals surface area contributed by atoms with Crippen LogP contribution in [0, 0.1) is 5.92 Å². The second-order valence-electron chi connectivity index (χ2n) is 2.91. The molecule has 3 nitrogen and oxygen atoms in total. The van der Waals surface area contributed by atoms with Crippen molar-refractivity contribution in [2.24, 2.45) is 5.92 Å². The lowest BCUT2D eigenvalue weighted by atomic mass is 9.97. The van der Waals surface area contributed by atoms with Gasteiger partial charge >= 0.3 is 5.97 Å². The van der Waals surface area contributed by atoms with Crippen LogP contribution >= 0.6 is 0 Å². The van der Waals surface area contributed by atoms with E-state index in [1.54, 1.807) is 6.92 Å². The molecule has 0 aromatic carbocycles. The third kappa shape index (κ3) is 4.79. The Kier molecular flexibility index (Phi) is 4.86. The van der Waals surface area contributed by atoms with Gasteiger partial charge in [0.15, 0.2) is 0 Å². The fourth-order valence-electron chi connectivity index (χ4n) is 1.10. The van der Waals surface area contributed by atoms with Crippen LogP contribution in [0.15, 0.2) is 0 Å². The lowest BCUT2D eigenvalue weighted by Crippen LogP contribution is -2.18. The van der Waals surface area contributed by atoms with E-state index in [1.807, 2.05) is 6.92 Å². The van der Waals surface area contributed by atoms with Gasteiger partial charge in [-0.3, -0.25) is 4.79 Å². The van der Waals surface area contributed by atoms with Crippen LogP contribution in [0.5, 0.6) is 0 Å². The molecule has 0 saturated carbocycles. The summed E-state index contributed by atoms with van der Waals surface area (Å²) in [5, 5.41) is 17.6. The van der Waals surface area contributed by atoms with Gasteiger partial charge in [0.25, 0.3) is 0 Å². The minimum atomic E-state index is -0.798. The van der Waals surface area contributed by atoms with Crippen LogP contribution in [-0.4, -0.2) is 22.3 Å². The number of carboxylic acids is 1. The predicted octanol–water partition coefficient (Wildman–Crippen LogP) is 1.26.